The topological polar surface area (TPSA) is 18.5 Å². The van der Waals surface area contributed by atoms with Crippen LogP contribution in [0.3, 0.4) is 0 Å². The zero-order valence-electron chi connectivity index (χ0n) is 12.3. The Morgan fingerprint density at radius 1 is 1.00 bits per heavy atom. The van der Waals surface area contributed by atoms with E-state index in [9.17, 15) is 0 Å². The number of rotatable bonds is 2. The molecule has 0 aliphatic carbocycles. The van der Waals surface area contributed by atoms with Gasteiger partial charge in [0.25, 0.3) is 0 Å². The van der Waals surface area contributed by atoms with E-state index in [4.69, 9.17) is 9.47 Å². The summed E-state index contributed by atoms with van der Waals surface area (Å²) in [6, 6.07) is 12.9. The van der Waals surface area contributed by atoms with Crippen LogP contribution in [0.25, 0.3) is 10.8 Å². The predicted molar refractivity (Wildman–Crippen MR) is 85.9 cm³/mol. The van der Waals surface area contributed by atoms with Crippen molar-refractivity contribution in [1.29, 1.82) is 0 Å². The smallest absolute Gasteiger partial charge is 0.163 e. The second-order valence-electron chi connectivity index (χ2n) is 5.39. The first-order chi connectivity index (χ1) is 9.69. The van der Waals surface area contributed by atoms with E-state index in [1.165, 1.54) is 15.7 Å². The summed E-state index contributed by atoms with van der Waals surface area (Å²) < 4.78 is 11.4. The molecule has 2 aromatic rings. The molecular formula is C17H21O2S+. The van der Waals surface area contributed by atoms with Crippen molar-refractivity contribution in [3.63, 3.8) is 0 Å². The number of hydrogen-bond acceptors (Lipinski definition) is 2. The van der Waals surface area contributed by atoms with E-state index in [1.54, 1.807) is 7.11 Å². The molecule has 0 spiro atoms. The molecule has 0 radical (unpaired) electrons. The summed E-state index contributed by atoms with van der Waals surface area (Å²) in [5.41, 5.74) is 0. The summed E-state index contributed by atoms with van der Waals surface area (Å²) in [6.45, 7) is 4.36. The molecule has 2 unspecified atom stereocenters. The predicted octanol–water partition coefficient (Wildman–Crippen LogP) is 3.63. The quantitative estimate of drug-likeness (QED) is 0.786. The molecule has 1 aliphatic heterocycles. The Balaban J connectivity index is 2.08. The molecule has 106 valence electrons. The van der Waals surface area contributed by atoms with Crippen molar-refractivity contribution in [3.8, 4) is 5.75 Å². The van der Waals surface area contributed by atoms with Gasteiger partial charge in [-0.15, -0.1) is 0 Å². The largest absolute Gasteiger partial charge is 0.496 e. The summed E-state index contributed by atoms with van der Waals surface area (Å²) in [4.78, 5) is 1.46. The summed E-state index contributed by atoms with van der Waals surface area (Å²) in [6.07, 6.45) is 0.700. The number of fused-ring (bicyclic) bond motifs is 1. The third-order valence-corrected chi connectivity index (χ3v) is 6.43. The van der Waals surface area contributed by atoms with Crippen LogP contribution in [0.1, 0.15) is 13.8 Å². The van der Waals surface area contributed by atoms with Gasteiger partial charge in [-0.1, -0.05) is 18.2 Å². The Hall–Kier alpha value is -1.19. The molecule has 0 amide bonds. The molecule has 3 rings (SSSR count). The van der Waals surface area contributed by atoms with Crippen molar-refractivity contribution in [2.45, 2.75) is 31.0 Å². The first-order valence-corrected chi connectivity index (χ1v) is 8.64. The van der Waals surface area contributed by atoms with Crippen LogP contribution in [-0.4, -0.2) is 30.8 Å². The molecule has 0 bridgehead atoms. The fraction of sp³-hybridized carbons (Fsp3) is 0.412. The SMILES string of the molecule is COc1ccc([S+]2CC(C)OC(C)C2)c2ccccc12. The summed E-state index contributed by atoms with van der Waals surface area (Å²) in [5.74, 6) is 3.21. The molecule has 3 heteroatoms. The monoisotopic (exact) mass is 289 g/mol. The van der Waals surface area contributed by atoms with Gasteiger partial charge in [0.1, 0.15) is 29.5 Å². The van der Waals surface area contributed by atoms with Gasteiger partial charge in [-0.05, 0) is 32.0 Å². The molecule has 1 saturated heterocycles. The van der Waals surface area contributed by atoms with E-state index in [0.29, 0.717) is 12.2 Å². The number of methoxy groups -OCH3 is 1. The number of ether oxygens (including phenoxy) is 2. The Kier molecular flexibility index (Phi) is 3.90. The van der Waals surface area contributed by atoms with Crippen LogP contribution in [0.4, 0.5) is 0 Å². The Labute approximate surface area is 123 Å². The van der Waals surface area contributed by atoms with Crippen LogP contribution in [0.5, 0.6) is 5.75 Å². The summed E-state index contributed by atoms with van der Waals surface area (Å²) in [5, 5.41) is 2.54. The van der Waals surface area contributed by atoms with E-state index in [2.05, 4.69) is 50.2 Å². The highest BCUT2D eigenvalue weighted by Crippen LogP contribution is 2.34. The van der Waals surface area contributed by atoms with E-state index >= 15 is 0 Å². The van der Waals surface area contributed by atoms with Crippen molar-refractivity contribution in [2.24, 2.45) is 0 Å². The van der Waals surface area contributed by atoms with Gasteiger partial charge in [-0.25, -0.2) is 0 Å². The molecule has 1 fully saturated rings. The second kappa shape index (κ2) is 5.66. The standard InChI is InChI=1S/C17H21O2S/c1-12-10-20(11-13(2)19-12)17-9-8-16(18-3)14-6-4-5-7-15(14)17/h4-9,12-13H,10-11H2,1-3H3/q+1. The van der Waals surface area contributed by atoms with Crippen LogP contribution < -0.4 is 4.74 Å². The normalized spacial score (nSPS) is 26.6. The van der Waals surface area contributed by atoms with Crippen LogP contribution >= 0.6 is 0 Å². The lowest BCUT2D eigenvalue weighted by Crippen LogP contribution is -2.38. The third-order valence-electron chi connectivity index (χ3n) is 3.71. The first kappa shape index (κ1) is 13.8. The van der Waals surface area contributed by atoms with Gasteiger partial charge in [0.2, 0.25) is 0 Å². The first-order valence-electron chi connectivity index (χ1n) is 7.07. The van der Waals surface area contributed by atoms with Gasteiger partial charge >= 0.3 is 0 Å². The molecule has 20 heavy (non-hydrogen) atoms. The maximum atomic E-state index is 5.88. The van der Waals surface area contributed by atoms with E-state index in [0.717, 1.165) is 17.3 Å². The second-order valence-corrected chi connectivity index (χ2v) is 7.49. The van der Waals surface area contributed by atoms with Crippen LogP contribution in [0.2, 0.25) is 0 Å². The molecule has 1 heterocycles. The van der Waals surface area contributed by atoms with Crippen molar-refractivity contribution < 1.29 is 9.47 Å². The molecule has 2 atom stereocenters. The van der Waals surface area contributed by atoms with E-state index in [1.807, 2.05) is 0 Å². The lowest BCUT2D eigenvalue weighted by Gasteiger charge is -2.26. The molecule has 1 aliphatic rings. The zero-order chi connectivity index (χ0) is 14.1. The lowest BCUT2D eigenvalue weighted by molar-refractivity contribution is 0.0279. The van der Waals surface area contributed by atoms with Gasteiger partial charge in [-0.2, -0.15) is 0 Å². The minimum atomic E-state index is 0.266. The van der Waals surface area contributed by atoms with Crippen molar-refractivity contribution >= 4 is 21.7 Å². The maximum Gasteiger partial charge on any atom is 0.163 e. The maximum absolute atomic E-state index is 5.88. The molecule has 0 aromatic heterocycles. The lowest BCUT2D eigenvalue weighted by atomic mass is 10.1. The molecule has 2 nitrogen and oxygen atoms in total. The Bertz CT molecular complexity index is 601. The van der Waals surface area contributed by atoms with Crippen LogP contribution in [0, 0.1) is 0 Å². The molecule has 0 N–H and O–H groups in total. The van der Waals surface area contributed by atoms with E-state index in [-0.39, 0.29) is 10.9 Å². The van der Waals surface area contributed by atoms with Gasteiger partial charge in [0, 0.05) is 21.7 Å². The summed E-state index contributed by atoms with van der Waals surface area (Å²) in [7, 11) is 2.00. The van der Waals surface area contributed by atoms with Gasteiger partial charge in [-0.3, -0.25) is 0 Å². The number of benzene rings is 2. The molecule has 0 saturated carbocycles. The highest BCUT2D eigenvalue weighted by atomic mass is 32.2. The van der Waals surface area contributed by atoms with Gasteiger partial charge in [0.05, 0.1) is 7.11 Å². The third kappa shape index (κ3) is 2.52. The summed E-state index contributed by atoms with van der Waals surface area (Å²) >= 11 is 0. The van der Waals surface area contributed by atoms with Crippen molar-refractivity contribution in [3.05, 3.63) is 36.4 Å². The minimum absolute atomic E-state index is 0.266. The van der Waals surface area contributed by atoms with Crippen molar-refractivity contribution in [2.75, 3.05) is 18.6 Å². The average molecular weight is 289 g/mol. The van der Waals surface area contributed by atoms with Crippen molar-refractivity contribution in [1.82, 2.24) is 0 Å². The van der Waals surface area contributed by atoms with Crippen LogP contribution in [0.15, 0.2) is 41.3 Å². The zero-order valence-corrected chi connectivity index (χ0v) is 13.1. The van der Waals surface area contributed by atoms with Crippen LogP contribution in [-0.2, 0) is 15.6 Å². The molecular weight excluding hydrogens is 268 g/mol. The van der Waals surface area contributed by atoms with E-state index < -0.39 is 0 Å². The fourth-order valence-electron chi connectivity index (χ4n) is 2.96. The number of hydrogen-bond donors (Lipinski definition) is 0. The van der Waals surface area contributed by atoms with Gasteiger partial charge < -0.3 is 9.47 Å². The highest BCUT2D eigenvalue weighted by molar-refractivity contribution is 7.97. The Morgan fingerprint density at radius 3 is 2.30 bits per heavy atom. The molecule has 2 aromatic carbocycles. The Morgan fingerprint density at radius 2 is 1.65 bits per heavy atom. The highest BCUT2D eigenvalue weighted by Gasteiger charge is 2.35. The van der Waals surface area contributed by atoms with Gasteiger partial charge in [0.15, 0.2) is 4.90 Å². The minimum Gasteiger partial charge on any atom is -0.496 e. The average Bonchev–Trinajstić information content (AvgIpc) is 2.45. The fourth-order valence-corrected chi connectivity index (χ4v) is 5.50.